The number of aromatic amines is 1. The summed E-state index contributed by atoms with van der Waals surface area (Å²) in [4.78, 5) is 14.2. The highest BCUT2D eigenvalue weighted by Gasteiger charge is 2.26. The van der Waals surface area contributed by atoms with Crippen LogP contribution in [0.2, 0.25) is 0 Å². The van der Waals surface area contributed by atoms with Crippen LogP contribution in [0.4, 0.5) is 10.5 Å². The summed E-state index contributed by atoms with van der Waals surface area (Å²) in [5.41, 5.74) is 2.51. The molecule has 0 radical (unpaired) electrons. The number of urea groups is 1. The number of benzene rings is 1. The molecule has 2 N–H and O–H groups in total. The highest BCUT2D eigenvalue weighted by atomic mass is 32.2. The van der Waals surface area contributed by atoms with Crippen molar-refractivity contribution in [2.45, 2.75) is 12.8 Å². The van der Waals surface area contributed by atoms with E-state index in [1.54, 1.807) is 11.1 Å². The van der Waals surface area contributed by atoms with Gasteiger partial charge in [-0.25, -0.2) is 13.2 Å². The summed E-state index contributed by atoms with van der Waals surface area (Å²) in [5.74, 6) is 0.136. The van der Waals surface area contributed by atoms with E-state index in [1.807, 2.05) is 30.3 Å². The zero-order chi connectivity index (χ0) is 17.9. The van der Waals surface area contributed by atoms with Gasteiger partial charge >= 0.3 is 6.03 Å². The van der Waals surface area contributed by atoms with Crippen molar-refractivity contribution in [3.05, 3.63) is 36.5 Å². The molecule has 1 aliphatic rings. The zero-order valence-corrected chi connectivity index (χ0v) is 14.9. The molecule has 0 aliphatic carbocycles. The average Bonchev–Trinajstić information content (AvgIpc) is 3.08. The first-order valence-electron chi connectivity index (χ1n) is 8.24. The van der Waals surface area contributed by atoms with Crippen LogP contribution in [-0.2, 0) is 9.84 Å². The second kappa shape index (κ2) is 7.26. The Morgan fingerprint density at radius 2 is 2.24 bits per heavy atom. The Bertz CT molecular complexity index is 833. The molecule has 0 saturated carbocycles. The van der Waals surface area contributed by atoms with Gasteiger partial charge in [-0.1, -0.05) is 12.1 Å². The lowest BCUT2D eigenvalue weighted by atomic mass is 10.0. The van der Waals surface area contributed by atoms with Crippen molar-refractivity contribution >= 4 is 21.6 Å². The molecule has 1 aromatic heterocycles. The quantitative estimate of drug-likeness (QED) is 0.873. The van der Waals surface area contributed by atoms with Gasteiger partial charge in [-0.2, -0.15) is 5.10 Å². The second-order valence-corrected chi connectivity index (χ2v) is 8.71. The minimum Gasteiger partial charge on any atom is -0.324 e. The molecule has 1 aliphatic heterocycles. The Morgan fingerprint density at radius 3 is 2.96 bits per heavy atom. The van der Waals surface area contributed by atoms with Crippen LogP contribution in [-0.4, -0.2) is 54.6 Å². The predicted molar refractivity (Wildman–Crippen MR) is 97.1 cm³/mol. The second-order valence-electron chi connectivity index (χ2n) is 6.53. The maximum Gasteiger partial charge on any atom is 0.321 e. The van der Waals surface area contributed by atoms with Crippen molar-refractivity contribution < 1.29 is 13.2 Å². The van der Waals surface area contributed by atoms with Crippen LogP contribution < -0.4 is 5.32 Å². The summed E-state index contributed by atoms with van der Waals surface area (Å²) in [5, 5.41) is 9.73. The largest absolute Gasteiger partial charge is 0.324 e. The van der Waals surface area contributed by atoms with Crippen LogP contribution in [0.3, 0.4) is 0 Å². The molecule has 0 spiro atoms. The number of rotatable bonds is 4. The number of nitrogens with zero attached hydrogens (tertiary/aromatic N) is 2. The highest BCUT2D eigenvalue weighted by molar-refractivity contribution is 7.90. The lowest BCUT2D eigenvalue weighted by Gasteiger charge is -2.32. The molecule has 3 rings (SSSR count). The molecular weight excluding hydrogens is 340 g/mol. The van der Waals surface area contributed by atoms with Gasteiger partial charge in [0, 0.05) is 36.8 Å². The van der Waals surface area contributed by atoms with Crippen molar-refractivity contribution in [3.8, 4) is 11.3 Å². The Morgan fingerprint density at radius 1 is 1.40 bits per heavy atom. The fourth-order valence-corrected chi connectivity index (χ4v) is 4.33. The molecule has 2 aromatic rings. The number of hydrogen-bond donors (Lipinski definition) is 2. The van der Waals surface area contributed by atoms with Gasteiger partial charge in [-0.15, -0.1) is 0 Å². The molecule has 1 saturated heterocycles. The molecule has 2 amide bonds. The molecule has 1 aromatic carbocycles. The molecule has 2 heterocycles. The number of aromatic nitrogens is 2. The van der Waals surface area contributed by atoms with E-state index in [-0.39, 0.29) is 17.7 Å². The number of anilines is 1. The van der Waals surface area contributed by atoms with E-state index in [2.05, 4.69) is 15.5 Å². The number of nitrogens with one attached hydrogen (secondary N) is 2. The Hall–Kier alpha value is -2.35. The van der Waals surface area contributed by atoms with Crippen LogP contribution in [0.25, 0.3) is 11.3 Å². The van der Waals surface area contributed by atoms with E-state index >= 15 is 0 Å². The summed E-state index contributed by atoms with van der Waals surface area (Å²) in [6.45, 7) is 1.12. The SMILES string of the molecule is CS(=O)(=O)CC1CCCN(C(=O)Nc2cccc(-c3ccn[nH]3)c2)C1. The number of hydrogen-bond acceptors (Lipinski definition) is 4. The minimum atomic E-state index is -3.03. The summed E-state index contributed by atoms with van der Waals surface area (Å²) in [6.07, 6.45) is 4.58. The van der Waals surface area contributed by atoms with Gasteiger partial charge in [0.15, 0.2) is 0 Å². The molecule has 1 atom stereocenters. The van der Waals surface area contributed by atoms with E-state index in [4.69, 9.17) is 0 Å². The van der Waals surface area contributed by atoms with E-state index < -0.39 is 9.84 Å². The molecule has 1 fully saturated rings. The van der Waals surface area contributed by atoms with Crippen molar-refractivity contribution in [1.82, 2.24) is 15.1 Å². The monoisotopic (exact) mass is 362 g/mol. The first kappa shape index (κ1) is 17.5. The van der Waals surface area contributed by atoms with Crippen molar-refractivity contribution in [3.63, 3.8) is 0 Å². The van der Waals surface area contributed by atoms with E-state index in [0.717, 1.165) is 24.1 Å². The van der Waals surface area contributed by atoms with E-state index in [9.17, 15) is 13.2 Å². The number of piperidine rings is 1. The molecular formula is C17H22N4O3S. The lowest BCUT2D eigenvalue weighted by molar-refractivity contribution is 0.183. The van der Waals surface area contributed by atoms with Gasteiger partial charge in [0.1, 0.15) is 9.84 Å². The molecule has 1 unspecified atom stereocenters. The van der Waals surface area contributed by atoms with Crippen LogP contribution in [0.15, 0.2) is 36.5 Å². The molecule has 7 nitrogen and oxygen atoms in total. The van der Waals surface area contributed by atoms with Crippen molar-refractivity contribution in [2.24, 2.45) is 5.92 Å². The maximum atomic E-state index is 12.5. The first-order chi connectivity index (χ1) is 11.9. The predicted octanol–water partition coefficient (Wildman–Crippen LogP) is 2.37. The third-order valence-electron chi connectivity index (χ3n) is 4.27. The van der Waals surface area contributed by atoms with Crippen LogP contribution >= 0.6 is 0 Å². The summed E-state index contributed by atoms with van der Waals surface area (Å²) in [6, 6.07) is 9.18. The number of H-pyrrole nitrogens is 1. The summed E-state index contributed by atoms with van der Waals surface area (Å²) < 4.78 is 23.0. The van der Waals surface area contributed by atoms with Crippen molar-refractivity contribution in [1.29, 1.82) is 0 Å². The van der Waals surface area contributed by atoms with Gasteiger partial charge in [0.25, 0.3) is 0 Å². The third kappa shape index (κ3) is 4.82. The Kier molecular flexibility index (Phi) is 5.08. The number of carbonyl (C=O) groups excluding carboxylic acids is 1. The average molecular weight is 362 g/mol. The van der Waals surface area contributed by atoms with Gasteiger partial charge in [0.05, 0.1) is 11.4 Å². The van der Waals surface area contributed by atoms with Crippen LogP contribution in [0.1, 0.15) is 12.8 Å². The molecule has 0 bridgehead atoms. The summed E-state index contributed by atoms with van der Waals surface area (Å²) in [7, 11) is -3.03. The smallest absolute Gasteiger partial charge is 0.321 e. The van der Waals surface area contributed by atoms with E-state index in [1.165, 1.54) is 6.26 Å². The molecule has 8 heteroatoms. The van der Waals surface area contributed by atoms with Crippen LogP contribution in [0.5, 0.6) is 0 Å². The zero-order valence-electron chi connectivity index (χ0n) is 14.1. The standard InChI is InChI=1S/C17H22N4O3S/c1-25(23,24)12-13-4-3-9-21(11-13)17(22)19-15-6-2-5-14(10-15)16-7-8-18-20-16/h2,5-8,10,13H,3-4,9,11-12H2,1H3,(H,18,20)(H,19,22). The fourth-order valence-electron chi connectivity index (χ4n) is 3.20. The topological polar surface area (TPSA) is 95.2 Å². The Labute approximate surface area is 147 Å². The van der Waals surface area contributed by atoms with E-state index in [0.29, 0.717) is 18.8 Å². The van der Waals surface area contributed by atoms with Gasteiger partial charge in [0.2, 0.25) is 0 Å². The number of sulfone groups is 1. The maximum absolute atomic E-state index is 12.5. The highest BCUT2D eigenvalue weighted by Crippen LogP contribution is 2.22. The Balaban J connectivity index is 1.65. The lowest BCUT2D eigenvalue weighted by Crippen LogP contribution is -2.43. The number of likely N-dealkylation sites (tertiary alicyclic amines) is 1. The summed E-state index contributed by atoms with van der Waals surface area (Å²) >= 11 is 0. The van der Waals surface area contributed by atoms with Gasteiger partial charge < -0.3 is 10.2 Å². The molecule has 25 heavy (non-hydrogen) atoms. The first-order valence-corrected chi connectivity index (χ1v) is 10.3. The normalized spacial score (nSPS) is 18.1. The van der Waals surface area contributed by atoms with Gasteiger partial charge in [-0.3, -0.25) is 5.10 Å². The van der Waals surface area contributed by atoms with Gasteiger partial charge in [-0.05, 0) is 37.0 Å². The number of amides is 2. The fraction of sp³-hybridized carbons (Fsp3) is 0.412. The van der Waals surface area contributed by atoms with Crippen molar-refractivity contribution in [2.75, 3.05) is 30.4 Å². The molecule has 134 valence electrons. The minimum absolute atomic E-state index is 0.00540. The van der Waals surface area contributed by atoms with Crippen LogP contribution in [0, 0.1) is 5.92 Å². The number of carbonyl (C=O) groups is 1. The third-order valence-corrected chi connectivity index (χ3v) is 5.35.